The highest BCUT2D eigenvalue weighted by atomic mass is 16.2. The zero-order valence-electron chi connectivity index (χ0n) is 9.97. The number of carbonyl (C=O) groups is 1. The fourth-order valence-electron chi connectivity index (χ4n) is 1.33. The van der Waals surface area contributed by atoms with Crippen molar-refractivity contribution in [3.63, 3.8) is 0 Å². The third-order valence-corrected chi connectivity index (χ3v) is 2.53. The molecule has 0 saturated heterocycles. The van der Waals surface area contributed by atoms with Crippen LogP contribution in [0, 0.1) is 5.92 Å². The van der Waals surface area contributed by atoms with Crippen molar-refractivity contribution in [3.8, 4) is 0 Å². The summed E-state index contributed by atoms with van der Waals surface area (Å²) < 4.78 is 0. The van der Waals surface area contributed by atoms with Gasteiger partial charge in [-0.2, -0.15) is 0 Å². The first-order valence-corrected chi connectivity index (χ1v) is 5.39. The summed E-state index contributed by atoms with van der Waals surface area (Å²) in [5, 5.41) is 7.43. The lowest BCUT2D eigenvalue weighted by molar-refractivity contribution is 0.0768. The largest absolute Gasteiger partial charge is 0.382 e. The van der Waals surface area contributed by atoms with E-state index in [9.17, 15) is 4.79 Å². The number of hydrogen-bond donors (Lipinski definition) is 1. The molecule has 0 fully saturated rings. The van der Waals surface area contributed by atoms with E-state index in [-0.39, 0.29) is 5.91 Å². The maximum absolute atomic E-state index is 11.9. The number of amides is 1. The van der Waals surface area contributed by atoms with Crippen LogP contribution in [0.1, 0.15) is 30.8 Å². The fraction of sp³-hybridized carbons (Fsp3) is 0.545. The quantitative estimate of drug-likeness (QED) is 0.830. The molecule has 0 saturated carbocycles. The summed E-state index contributed by atoms with van der Waals surface area (Å²) in [4.78, 5) is 13.6. The number of anilines is 1. The predicted octanol–water partition coefficient (Wildman–Crippen LogP) is 1.18. The summed E-state index contributed by atoms with van der Waals surface area (Å²) in [5.74, 6) is 0.685. The van der Waals surface area contributed by atoms with Crippen LogP contribution in [0.15, 0.2) is 12.1 Å². The molecule has 1 atom stereocenters. The van der Waals surface area contributed by atoms with Gasteiger partial charge in [0.05, 0.1) is 0 Å². The second kappa shape index (κ2) is 5.44. The van der Waals surface area contributed by atoms with E-state index >= 15 is 0 Å². The van der Waals surface area contributed by atoms with Crippen LogP contribution in [0.25, 0.3) is 0 Å². The molecule has 0 radical (unpaired) electrons. The molecule has 1 rings (SSSR count). The van der Waals surface area contributed by atoms with E-state index in [2.05, 4.69) is 24.0 Å². The summed E-state index contributed by atoms with van der Waals surface area (Å²) in [6, 6.07) is 3.18. The third kappa shape index (κ3) is 3.18. The van der Waals surface area contributed by atoms with Crippen LogP contribution in [0.5, 0.6) is 0 Å². The van der Waals surface area contributed by atoms with Crippen molar-refractivity contribution in [2.24, 2.45) is 5.92 Å². The molecule has 0 aliphatic rings. The van der Waals surface area contributed by atoms with Crippen LogP contribution in [-0.2, 0) is 0 Å². The van der Waals surface area contributed by atoms with E-state index in [1.807, 2.05) is 0 Å². The first kappa shape index (κ1) is 12.4. The fourth-order valence-corrected chi connectivity index (χ4v) is 1.33. The topological polar surface area (TPSA) is 72.1 Å². The molecule has 0 aromatic carbocycles. The van der Waals surface area contributed by atoms with Crippen LogP contribution in [0.4, 0.5) is 5.82 Å². The maximum Gasteiger partial charge on any atom is 0.274 e. The number of carbonyl (C=O) groups excluding carboxylic acids is 1. The average molecular weight is 222 g/mol. The highest BCUT2D eigenvalue weighted by molar-refractivity contribution is 5.92. The van der Waals surface area contributed by atoms with Crippen LogP contribution in [0.3, 0.4) is 0 Å². The lowest BCUT2D eigenvalue weighted by Crippen LogP contribution is -2.31. The van der Waals surface area contributed by atoms with Gasteiger partial charge < -0.3 is 10.6 Å². The lowest BCUT2D eigenvalue weighted by atomic mass is 10.1. The summed E-state index contributed by atoms with van der Waals surface area (Å²) in [7, 11) is 1.77. The number of rotatable bonds is 4. The minimum absolute atomic E-state index is 0.118. The average Bonchev–Trinajstić information content (AvgIpc) is 2.28. The number of nitrogens with two attached hydrogens (primary N) is 1. The monoisotopic (exact) mass is 222 g/mol. The molecule has 1 amide bonds. The third-order valence-electron chi connectivity index (χ3n) is 2.53. The van der Waals surface area contributed by atoms with Gasteiger partial charge in [-0.15, -0.1) is 10.2 Å². The molecule has 2 N–H and O–H groups in total. The van der Waals surface area contributed by atoms with Crippen molar-refractivity contribution < 1.29 is 4.79 Å². The van der Waals surface area contributed by atoms with Gasteiger partial charge in [0.25, 0.3) is 5.91 Å². The Kier molecular flexibility index (Phi) is 4.22. The van der Waals surface area contributed by atoms with Crippen molar-refractivity contribution >= 4 is 11.7 Å². The van der Waals surface area contributed by atoms with Gasteiger partial charge in [0, 0.05) is 13.6 Å². The normalized spacial score (nSPS) is 12.2. The Hall–Kier alpha value is -1.65. The number of nitrogens with zero attached hydrogens (tertiary/aromatic N) is 3. The Morgan fingerprint density at radius 3 is 2.69 bits per heavy atom. The van der Waals surface area contributed by atoms with Crippen LogP contribution < -0.4 is 5.73 Å². The first-order valence-electron chi connectivity index (χ1n) is 5.39. The van der Waals surface area contributed by atoms with Crippen molar-refractivity contribution in [2.45, 2.75) is 20.3 Å². The molecule has 5 heteroatoms. The van der Waals surface area contributed by atoms with Crippen LogP contribution in [0.2, 0.25) is 0 Å². The van der Waals surface area contributed by atoms with Gasteiger partial charge in [0.15, 0.2) is 5.69 Å². The zero-order valence-corrected chi connectivity index (χ0v) is 9.97. The van der Waals surface area contributed by atoms with Gasteiger partial charge in [-0.3, -0.25) is 4.79 Å². The molecule has 0 spiro atoms. The molecule has 16 heavy (non-hydrogen) atoms. The van der Waals surface area contributed by atoms with Crippen LogP contribution >= 0.6 is 0 Å². The van der Waals surface area contributed by atoms with Gasteiger partial charge in [-0.05, 0) is 18.1 Å². The lowest BCUT2D eigenvalue weighted by Gasteiger charge is -2.20. The first-order chi connectivity index (χ1) is 7.54. The highest BCUT2D eigenvalue weighted by Gasteiger charge is 2.15. The second-order valence-corrected chi connectivity index (χ2v) is 4.04. The second-order valence-electron chi connectivity index (χ2n) is 4.04. The van der Waals surface area contributed by atoms with E-state index in [0.717, 1.165) is 13.0 Å². The Morgan fingerprint density at radius 1 is 1.50 bits per heavy atom. The summed E-state index contributed by atoms with van der Waals surface area (Å²) in [5.41, 5.74) is 5.74. The Balaban J connectivity index is 2.67. The van der Waals surface area contributed by atoms with Crippen LogP contribution in [-0.4, -0.2) is 34.6 Å². The number of aromatic nitrogens is 2. The van der Waals surface area contributed by atoms with Crippen molar-refractivity contribution in [3.05, 3.63) is 17.8 Å². The molecule has 0 aliphatic heterocycles. The van der Waals surface area contributed by atoms with E-state index in [1.165, 1.54) is 0 Å². The molecular formula is C11H18N4O. The maximum atomic E-state index is 11.9. The molecule has 1 aromatic heterocycles. The Bertz CT molecular complexity index is 350. The summed E-state index contributed by atoms with van der Waals surface area (Å²) >= 11 is 0. The molecule has 88 valence electrons. The predicted molar refractivity (Wildman–Crippen MR) is 62.9 cm³/mol. The minimum atomic E-state index is -0.118. The van der Waals surface area contributed by atoms with Gasteiger partial charge in [0.1, 0.15) is 5.82 Å². The van der Waals surface area contributed by atoms with E-state index < -0.39 is 0 Å². The van der Waals surface area contributed by atoms with Gasteiger partial charge in [0.2, 0.25) is 0 Å². The molecule has 1 heterocycles. The summed E-state index contributed by atoms with van der Waals surface area (Å²) in [6.45, 7) is 4.94. The van der Waals surface area contributed by atoms with E-state index in [4.69, 9.17) is 5.73 Å². The van der Waals surface area contributed by atoms with Gasteiger partial charge >= 0.3 is 0 Å². The minimum Gasteiger partial charge on any atom is -0.382 e. The van der Waals surface area contributed by atoms with Crippen molar-refractivity contribution in [2.75, 3.05) is 19.3 Å². The zero-order chi connectivity index (χ0) is 12.1. The standard InChI is InChI=1S/C11H18N4O/c1-4-8(2)7-15(3)11(16)9-5-6-10(12)14-13-9/h5-6,8H,4,7H2,1-3H3,(H2,12,14). The molecular weight excluding hydrogens is 204 g/mol. The SMILES string of the molecule is CCC(C)CN(C)C(=O)c1ccc(N)nn1. The van der Waals surface area contributed by atoms with E-state index in [1.54, 1.807) is 24.1 Å². The summed E-state index contributed by atoms with van der Waals surface area (Å²) in [6.07, 6.45) is 1.05. The molecule has 5 nitrogen and oxygen atoms in total. The van der Waals surface area contributed by atoms with Gasteiger partial charge in [-0.1, -0.05) is 20.3 Å². The number of nitrogen functional groups attached to an aromatic ring is 1. The Labute approximate surface area is 95.7 Å². The van der Waals surface area contributed by atoms with Crippen molar-refractivity contribution in [1.82, 2.24) is 15.1 Å². The molecule has 1 unspecified atom stereocenters. The van der Waals surface area contributed by atoms with Gasteiger partial charge in [-0.25, -0.2) is 0 Å². The van der Waals surface area contributed by atoms with Crippen molar-refractivity contribution in [1.29, 1.82) is 0 Å². The van der Waals surface area contributed by atoms with E-state index in [0.29, 0.717) is 17.4 Å². The molecule has 0 aliphatic carbocycles. The molecule has 1 aromatic rings. The number of hydrogen-bond acceptors (Lipinski definition) is 4. The smallest absolute Gasteiger partial charge is 0.274 e. The molecule has 0 bridgehead atoms. The Morgan fingerprint density at radius 2 is 2.19 bits per heavy atom. The highest BCUT2D eigenvalue weighted by Crippen LogP contribution is 2.06.